The Labute approximate surface area is 110 Å². The van der Waals surface area contributed by atoms with Crippen molar-refractivity contribution in [2.24, 2.45) is 0 Å². The average Bonchev–Trinajstić information content (AvgIpc) is 2.28. The number of nitrogens with one attached hydrogen (secondary N) is 1. The van der Waals surface area contributed by atoms with Gasteiger partial charge in [-0.2, -0.15) is 0 Å². The van der Waals surface area contributed by atoms with E-state index in [1.165, 1.54) is 0 Å². The normalized spacial score (nSPS) is 18.7. The van der Waals surface area contributed by atoms with Gasteiger partial charge in [0.25, 0.3) is 0 Å². The molecule has 2 rings (SSSR count). The third-order valence-corrected chi connectivity index (χ3v) is 4.42. The lowest BCUT2D eigenvalue weighted by molar-refractivity contribution is -0.129. The first-order valence-electron chi connectivity index (χ1n) is 6.29. The third kappa shape index (κ3) is 2.64. The van der Waals surface area contributed by atoms with Gasteiger partial charge in [0.05, 0.1) is 5.41 Å². The zero-order valence-corrected chi connectivity index (χ0v) is 11.5. The molecule has 1 N–H and O–H groups in total. The Balaban J connectivity index is 2.04. The highest BCUT2D eigenvalue weighted by Gasteiger charge is 2.45. The van der Waals surface area contributed by atoms with Gasteiger partial charge in [0, 0.05) is 29.4 Å². The first kappa shape index (κ1) is 13.3. The minimum atomic E-state index is -0.852. The van der Waals surface area contributed by atoms with Crippen molar-refractivity contribution in [2.75, 3.05) is 18.6 Å². The van der Waals surface area contributed by atoms with Crippen molar-refractivity contribution in [3.63, 3.8) is 0 Å². The first-order valence-corrected chi connectivity index (χ1v) is 8.02. The van der Waals surface area contributed by atoms with Gasteiger partial charge in [-0.05, 0) is 18.4 Å². The zero-order valence-electron chi connectivity index (χ0n) is 10.6. The van der Waals surface area contributed by atoms with Crippen LogP contribution in [-0.4, -0.2) is 28.7 Å². The monoisotopic (exact) mass is 265 g/mol. The standard InChI is InChI=1S/C14H19NO2S/c1-18(17)11-10-15-13(16)14(8-5-9-14)12-6-3-2-4-7-12/h2-4,6-7H,5,8-11H2,1H3,(H,15,16)/t18-/m1/s1. The number of benzene rings is 1. The van der Waals surface area contributed by atoms with E-state index in [4.69, 9.17) is 0 Å². The maximum atomic E-state index is 12.3. The number of carbonyl (C=O) groups is 1. The Morgan fingerprint density at radius 3 is 2.50 bits per heavy atom. The van der Waals surface area contributed by atoms with Crippen molar-refractivity contribution in [1.82, 2.24) is 5.32 Å². The van der Waals surface area contributed by atoms with Crippen LogP contribution in [0.3, 0.4) is 0 Å². The highest BCUT2D eigenvalue weighted by Crippen LogP contribution is 2.43. The summed E-state index contributed by atoms with van der Waals surface area (Å²) >= 11 is 0. The fourth-order valence-electron chi connectivity index (χ4n) is 2.41. The van der Waals surface area contributed by atoms with E-state index in [0.717, 1.165) is 24.8 Å². The van der Waals surface area contributed by atoms with E-state index in [9.17, 15) is 9.00 Å². The van der Waals surface area contributed by atoms with Crippen molar-refractivity contribution in [3.8, 4) is 0 Å². The minimum absolute atomic E-state index is 0.0883. The lowest BCUT2D eigenvalue weighted by Gasteiger charge is -2.40. The summed E-state index contributed by atoms with van der Waals surface area (Å²) in [7, 11) is -0.852. The van der Waals surface area contributed by atoms with Crippen LogP contribution in [0.2, 0.25) is 0 Å². The molecule has 1 aromatic rings. The van der Waals surface area contributed by atoms with Gasteiger partial charge >= 0.3 is 0 Å². The molecule has 1 fully saturated rings. The molecule has 1 aliphatic rings. The van der Waals surface area contributed by atoms with Gasteiger partial charge in [-0.15, -0.1) is 0 Å². The largest absolute Gasteiger partial charge is 0.354 e. The number of hydrogen-bond acceptors (Lipinski definition) is 2. The Kier molecular flexibility index (Phi) is 4.17. The predicted octanol–water partition coefficient (Wildman–Crippen LogP) is 1.60. The fraction of sp³-hybridized carbons (Fsp3) is 0.500. The van der Waals surface area contributed by atoms with Crippen molar-refractivity contribution in [3.05, 3.63) is 35.9 Å². The van der Waals surface area contributed by atoms with Crippen molar-refractivity contribution >= 4 is 16.7 Å². The van der Waals surface area contributed by atoms with Gasteiger partial charge in [0.1, 0.15) is 0 Å². The van der Waals surface area contributed by atoms with Gasteiger partial charge in [0.2, 0.25) is 5.91 Å². The molecule has 4 heteroatoms. The van der Waals surface area contributed by atoms with Gasteiger partial charge < -0.3 is 5.32 Å². The molecular formula is C14H19NO2S. The molecule has 0 heterocycles. The van der Waals surface area contributed by atoms with Crippen molar-refractivity contribution in [1.29, 1.82) is 0 Å². The Bertz CT molecular complexity index is 440. The molecule has 1 atom stereocenters. The molecule has 0 aromatic heterocycles. The molecule has 0 bridgehead atoms. The van der Waals surface area contributed by atoms with Crippen LogP contribution in [0.4, 0.5) is 0 Å². The molecule has 1 amide bonds. The summed E-state index contributed by atoms with van der Waals surface area (Å²) < 4.78 is 11.0. The highest BCUT2D eigenvalue weighted by molar-refractivity contribution is 7.84. The molecule has 1 aliphatic carbocycles. The van der Waals surface area contributed by atoms with E-state index in [1.54, 1.807) is 6.26 Å². The van der Waals surface area contributed by atoms with Crippen LogP contribution in [0.15, 0.2) is 30.3 Å². The molecule has 0 aliphatic heterocycles. The SMILES string of the molecule is C[S@@](=O)CCNC(=O)C1(c2ccccc2)CCC1. The van der Waals surface area contributed by atoms with E-state index in [1.807, 2.05) is 30.3 Å². The second kappa shape index (κ2) is 5.65. The quantitative estimate of drug-likeness (QED) is 0.879. The van der Waals surface area contributed by atoms with Crippen LogP contribution < -0.4 is 5.32 Å². The number of rotatable bonds is 5. The average molecular weight is 265 g/mol. The van der Waals surface area contributed by atoms with Crippen molar-refractivity contribution < 1.29 is 9.00 Å². The van der Waals surface area contributed by atoms with E-state index in [2.05, 4.69) is 5.32 Å². The van der Waals surface area contributed by atoms with Crippen molar-refractivity contribution in [2.45, 2.75) is 24.7 Å². The Morgan fingerprint density at radius 1 is 1.33 bits per heavy atom. The molecule has 1 saturated carbocycles. The van der Waals surface area contributed by atoms with Crippen LogP contribution in [0, 0.1) is 0 Å². The smallest absolute Gasteiger partial charge is 0.230 e. The molecule has 1 aromatic carbocycles. The number of amides is 1. The maximum Gasteiger partial charge on any atom is 0.230 e. The molecule has 0 unspecified atom stereocenters. The summed E-state index contributed by atoms with van der Waals surface area (Å²) in [4.78, 5) is 12.3. The van der Waals surface area contributed by atoms with Gasteiger partial charge in [-0.1, -0.05) is 36.8 Å². The van der Waals surface area contributed by atoms with E-state index < -0.39 is 10.8 Å². The molecule has 98 valence electrons. The lowest BCUT2D eigenvalue weighted by Crippen LogP contribution is -2.49. The third-order valence-electron chi connectivity index (χ3n) is 3.64. The first-order chi connectivity index (χ1) is 8.65. The summed E-state index contributed by atoms with van der Waals surface area (Å²) in [5.74, 6) is 0.613. The minimum Gasteiger partial charge on any atom is -0.354 e. The van der Waals surface area contributed by atoms with E-state index in [0.29, 0.717) is 12.3 Å². The Hall–Kier alpha value is -1.16. The summed E-state index contributed by atoms with van der Waals surface area (Å²) in [6, 6.07) is 9.97. The zero-order chi connectivity index (χ0) is 13.0. The molecular weight excluding hydrogens is 246 g/mol. The molecule has 0 radical (unpaired) electrons. The van der Waals surface area contributed by atoms with Crippen LogP contribution in [-0.2, 0) is 21.0 Å². The molecule has 0 saturated heterocycles. The van der Waals surface area contributed by atoms with Gasteiger partial charge in [-0.25, -0.2) is 0 Å². The van der Waals surface area contributed by atoms with Crippen LogP contribution in [0.5, 0.6) is 0 Å². The fourth-order valence-corrected chi connectivity index (χ4v) is 2.80. The second-order valence-electron chi connectivity index (χ2n) is 4.83. The lowest BCUT2D eigenvalue weighted by atomic mass is 9.64. The summed E-state index contributed by atoms with van der Waals surface area (Å²) in [6.07, 6.45) is 4.58. The van der Waals surface area contributed by atoms with Gasteiger partial charge in [-0.3, -0.25) is 9.00 Å². The summed E-state index contributed by atoms with van der Waals surface area (Å²) in [5, 5.41) is 2.92. The Morgan fingerprint density at radius 2 is 2.00 bits per heavy atom. The molecule has 18 heavy (non-hydrogen) atoms. The molecule has 3 nitrogen and oxygen atoms in total. The number of carbonyl (C=O) groups excluding carboxylic acids is 1. The number of hydrogen-bond donors (Lipinski definition) is 1. The topological polar surface area (TPSA) is 46.2 Å². The summed E-state index contributed by atoms with van der Waals surface area (Å²) in [6.45, 7) is 0.497. The highest BCUT2D eigenvalue weighted by atomic mass is 32.2. The molecule has 0 spiro atoms. The van der Waals surface area contributed by atoms with Crippen LogP contribution in [0.1, 0.15) is 24.8 Å². The van der Waals surface area contributed by atoms with Crippen LogP contribution in [0.25, 0.3) is 0 Å². The van der Waals surface area contributed by atoms with Gasteiger partial charge in [0.15, 0.2) is 0 Å². The predicted molar refractivity (Wildman–Crippen MR) is 73.9 cm³/mol. The van der Waals surface area contributed by atoms with E-state index >= 15 is 0 Å². The van der Waals surface area contributed by atoms with E-state index in [-0.39, 0.29) is 11.3 Å². The maximum absolute atomic E-state index is 12.3. The second-order valence-corrected chi connectivity index (χ2v) is 6.39. The van der Waals surface area contributed by atoms with Crippen LogP contribution >= 0.6 is 0 Å². The summed E-state index contributed by atoms with van der Waals surface area (Å²) in [5.41, 5.74) is 0.766.